The fourth-order valence-corrected chi connectivity index (χ4v) is 2.66. The number of anilines is 2. The highest BCUT2D eigenvalue weighted by Crippen LogP contribution is 2.31. The zero-order valence-electron chi connectivity index (χ0n) is 11.3. The summed E-state index contributed by atoms with van der Waals surface area (Å²) in [7, 11) is 0. The van der Waals surface area contributed by atoms with E-state index in [1.165, 1.54) is 16.5 Å². The van der Waals surface area contributed by atoms with E-state index in [0.717, 1.165) is 16.8 Å². The van der Waals surface area contributed by atoms with E-state index in [-0.39, 0.29) is 0 Å². The molecule has 3 aromatic rings. The smallest absolute Gasteiger partial charge is 0.132 e. The molecule has 0 saturated heterocycles. The number of benzene rings is 2. The normalized spacial score (nSPS) is 10.7. The van der Waals surface area contributed by atoms with E-state index in [2.05, 4.69) is 75.2 Å². The first-order valence-electron chi connectivity index (χ1n) is 6.66. The Morgan fingerprint density at radius 2 is 1.80 bits per heavy atom. The van der Waals surface area contributed by atoms with Crippen molar-refractivity contribution in [1.29, 1.82) is 0 Å². The summed E-state index contributed by atoms with van der Waals surface area (Å²) in [5, 5.41) is 2.50. The number of rotatable bonds is 3. The van der Waals surface area contributed by atoms with Gasteiger partial charge in [-0.3, -0.25) is 0 Å². The van der Waals surface area contributed by atoms with Crippen LogP contribution in [0.25, 0.3) is 10.8 Å². The van der Waals surface area contributed by atoms with Gasteiger partial charge in [-0.2, -0.15) is 0 Å². The Labute approximate surface area is 127 Å². The fraction of sp³-hybridized carbons (Fsp3) is 0.118. The highest BCUT2D eigenvalue weighted by Gasteiger charge is 2.11. The van der Waals surface area contributed by atoms with Crippen LogP contribution in [0.15, 0.2) is 65.3 Å². The van der Waals surface area contributed by atoms with Gasteiger partial charge in [-0.1, -0.05) is 36.4 Å². The highest BCUT2D eigenvalue weighted by molar-refractivity contribution is 9.10. The van der Waals surface area contributed by atoms with Crippen molar-refractivity contribution in [2.45, 2.75) is 6.92 Å². The maximum Gasteiger partial charge on any atom is 0.132 e. The van der Waals surface area contributed by atoms with Crippen molar-refractivity contribution in [3.63, 3.8) is 0 Å². The van der Waals surface area contributed by atoms with Crippen molar-refractivity contribution < 1.29 is 0 Å². The van der Waals surface area contributed by atoms with Crippen molar-refractivity contribution in [3.05, 3.63) is 65.3 Å². The van der Waals surface area contributed by atoms with Gasteiger partial charge in [-0.05, 0) is 46.4 Å². The van der Waals surface area contributed by atoms with E-state index >= 15 is 0 Å². The maximum absolute atomic E-state index is 4.51. The lowest BCUT2D eigenvalue weighted by Gasteiger charge is -2.23. The molecule has 2 nitrogen and oxygen atoms in total. The van der Waals surface area contributed by atoms with Crippen LogP contribution in [0.3, 0.4) is 0 Å². The molecule has 0 saturated carbocycles. The van der Waals surface area contributed by atoms with E-state index in [4.69, 9.17) is 0 Å². The zero-order chi connectivity index (χ0) is 13.9. The summed E-state index contributed by atoms with van der Waals surface area (Å²) in [4.78, 5) is 6.74. The van der Waals surface area contributed by atoms with E-state index in [1.807, 2.05) is 18.3 Å². The van der Waals surface area contributed by atoms with E-state index in [0.29, 0.717) is 0 Å². The second-order valence-corrected chi connectivity index (χ2v) is 5.49. The van der Waals surface area contributed by atoms with E-state index in [9.17, 15) is 0 Å². The molecule has 0 fully saturated rings. The summed E-state index contributed by atoms with van der Waals surface area (Å²) in [6.45, 7) is 3.02. The van der Waals surface area contributed by atoms with Gasteiger partial charge in [0.05, 0.1) is 5.69 Å². The van der Waals surface area contributed by atoms with Crippen LogP contribution in [0.5, 0.6) is 0 Å². The summed E-state index contributed by atoms with van der Waals surface area (Å²) >= 11 is 3.43. The Morgan fingerprint density at radius 1 is 1.00 bits per heavy atom. The van der Waals surface area contributed by atoms with Crippen LogP contribution in [0.4, 0.5) is 11.5 Å². The predicted molar refractivity (Wildman–Crippen MR) is 88.6 cm³/mol. The molecule has 100 valence electrons. The molecule has 1 heterocycles. The molecule has 0 atom stereocenters. The van der Waals surface area contributed by atoms with Crippen LogP contribution in [0, 0.1) is 0 Å². The second-order valence-electron chi connectivity index (χ2n) is 4.58. The van der Waals surface area contributed by atoms with Crippen molar-refractivity contribution >= 4 is 38.2 Å². The number of hydrogen-bond donors (Lipinski definition) is 0. The van der Waals surface area contributed by atoms with Gasteiger partial charge in [0.25, 0.3) is 0 Å². The van der Waals surface area contributed by atoms with E-state index in [1.54, 1.807) is 0 Å². The molecule has 0 aliphatic rings. The van der Waals surface area contributed by atoms with Crippen LogP contribution < -0.4 is 4.90 Å². The Bertz CT molecular complexity index is 717. The minimum atomic E-state index is 0.878. The molecule has 2 aromatic carbocycles. The fourth-order valence-electron chi connectivity index (χ4n) is 2.43. The summed E-state index contributed by atoms with van der Waals surface area (Å²) in [6, 6.07) is 18.9. The van der Waals surface area contributed by atoms with Crippen molar-refractivity contribution in [1.82, 2.24) is 4.98 Å². The van der Waals surface area contributed by atoms with Gasteiger partial charge in [-0.25, -0.2) is 4.98 Å². The molecule has 20 heavy (non-hydrogen) atoms. The highest BCUT2D eigenvalue weighted by atomic mass is 79.9. The van der Waals surface area contributed by atoms with Crippen LogP contribution >= 0.6 is 15.9 Å². The third kappa shape index (κ3) is 2.41. The largest absolute Gasteiger partial charge is 0.326 e. The predicted octanol–water partition coefficient (Wildman–Crippen LogP) is 5.16. The Hall–Kier alpha value is -1.87. The Kier molecular flexibility index (Phi) is 3.70. The summed E-state index contributed by atoms with van der Waals surface area (Å²) in [5.41, 5.74) is 1.19. The molecule has 0 radical (unpaired) electrons. The number of aromatic nitrogens is 1. The first kappa shape index (κ1) is 13.1. The van der Waals surface area contributed by atoms with Crippen LogP contribution in [0.1, 0.15) is 6.92 Å². The lowest BCUT2D eigenvalue weighted by Crippen LogP contribution is -2.17. The monoisotopic (exact) mass is 326 g/mol. The Balaban J connectivity index is 2.14. The van der Waals surface area contributed by atoms with Gasteiger partial charge in [-0.15, -0.1) is 0 Å². The molecular weight excluding hydrogens is 312 g/mol. The zero-order valence-corrected chi connectivity index (χ0v) is 12.8. The van der Waals surface area contributed by atoms with Gasteiger partial charge in [0.2, 0.25) is 0 Å². The van der Waals surface area contributed by atoms with Gasteiger partial charge in [0, 0.05) is 22.6 Å². The van der Waals surface area contributed by atoms with Crippen LogP contribution in [0.2, 0.25) is 0 Å². The number of pyridine rings is 1. The molecule has 0 amide bonds. The second kappa shape index (κ2) is 5.63. The average Bonchev–Trinajstić information content (AvgIpc) is 2.50. The summed E-state index contributed by atoms with van der Waals surface area (Å²) in [5.74, 6) is 0.965. The quantitative estimate of drug-likeness (QED) is 0.661. The van der Waals surface area contributed by atoms with Gasteiger partial charge < -0.3 is 4.90 Å². The topological polar surface area (TPSA) is 16.1 Å². The molecule has 0 N–H and O–H groups in total. The van der Waals surface area contributed by atoms with Gasteiger partial charge >= 0.3 is 0 Å². The molecule has 1 aromatic heterocycles. The van der Waals surface area contributed by atoms with Crippen molar-refractivity contribution in [2.75, 3.05) is 11.4 Å². The Morgan fingerprint density at radius 3 is 2.55 bits per heavy atom. The first-order valence-corrected chi connectivity index (χ1v) is 7.46. The molecule has 3 heteroatoms. The third-order valence-corrected chi connectivity index (χ3v) is 3.83. The molecule has 0 aliphatic carbocycles. The van der Waals surface area contributed by atoms with Gasteiger partial charge in [0.1, 0.15) is 5.82 Å². The number of fused-ring (bicyclic) bond motifs is 1. The lowest BCUT2D eigenvalue weighted by molar-refractivity contribution is 0.994. The SMILES string of the molecule is CCN(c1ccc(Br)cn1)c1cccc2ccccc12. The number of hydrogen-bond acceptors (Lipinski definition) is 2. The maximum atomic E-state index is 4.51. The minimum absolute atomic E-state index is 0.878. The van der Waals surface area contributed by atoms with Crippen LogP contribution in [-0.4, -0.2) is 11.5 Å². The molecule has 0 unspecified atom stereocenters. The van der Waals surface area contributed by atoms with Crippen molar-refractivity contribution in [2.24, 2.45) is 0 Å². The van der Waals surface area contributed by atoms with Crippen molar-refractivity contribution in [3.8, 4) is 0 Å². The average molecular weight is 327 g/mol. The third-order valence-electron chi connectivity index (χ3n) is 3.36. The van der Waals surface area contributed by atoms with Gasteiger partial charge in [0.15, 0.2) is 0 Å². The molecule has 3 rings (SSSR count). The molecule has 0 spiro atoms. The molecule has 0 aliphatic heterocycles. The molecular formula is C17H15BrN2. The summed E-state index contributed by atoms with van der Waals surface area (Å²) < 4.78 is 0.996. The number of nitrogens with zero attached hydrogens (tertiary/aromatic N) is 2. The number of halogens is 1. The first-order chi connectivity index (χ1) is 9.79. The lowest BCUT2D eigenvalue weighted by atomic mass is 10.1. The van der Waals surface area contributed by atoms with E-state index < -0.39 is 0 Å². The van der Waals surface area contributed by atoms with Crippen LogP contribution in [-0.2, 0) is 0 Å². The summed E-state index contributed by atoms with van der Waals surface area (Å²) in [6.07, 6.45) is 1.84. The standard InChI is InChI=1S/C17H15BrN2/c1-2-20(17-11-10-14(18)12-19-17)16-9-5-7-13-6-3-4-8-15(13)16/h3-12H,2H2,1H3. The minimum Gasteiger partial charge on any atom is -0.326 e. The molecule has 0 bridgehead atoms.